The molecule has 0 N–H and O–H groups in total. The maximum absolute atomic E-state index is 5.37. The quantitative estimate of drug-likeness (QED) is 0.787. The van der Waals surface area contributed by atoms with Gasteiger partial charge in [0.1, 0.15) is 5.69 Å². The average Bonchev–Trinajstić information content (AvgIpc) is 2.30. The summed E-state index contributed by atoms with van der Waals surface area (Å²) in [4.78, 5) is 12.8. The molecule has 0 spiro atoms. The maximum Gasteiger partial charge on any atom is 0.217 e. The van der Waals surface area contributed by atoms with E-state index in [1.807, 2.05) is 38.1 Å². The summed E-state index contributed by atoms with van der Waals surface area (Å²) in [6, 6.07) is 7.47. The number of aryl methyl sites for hydroxylation is 1. The zero-order chi connectivity index (χ0) is 11.4. The van der Waals surface area contributed by atoms with Gasteiger partial charge in [-0.3, -0.25) is 4.98 Å². The molecule has 0 aromatic carbocycles. The van der Waals surface area contributed by atoms with E-state index in [4.69, 9.17) is 4.74 Å². The third kappa shape index (κ3) is 2.34. The van der Waals surface area contributed by atoms with Crippen LogP contribution in [0.3, 0.4) is 0 Å². The van der Waals surface area contributed by atoms with Crippen molar-refractivity contribution in [1.82, 2.24) is 15.0 Å². The molecule has 16 heavy (non-hydrogen) atoms. The van der Waals surface area contributed by atoms with Crippen LogP contribution in [-0.2, 0) is 0 Å². The Balaban J connectivity index is 2.41. The fourth-order valence-electron chi connectivity index (χ4n) is 1.37. The first kappa shape index (κ1) is 10.5. The summed E-state index contributed by atoms with van der Waals surface area (Å²) in [6.07, 6.45) is 1.72. The fourth-order valence-corrected chi connectivity index (χ4v) is 1.37. The molecule has 0 fully saturated rings. The highest BCUT2D eigenvalue weighted by Gasteiger charge is 2.05. The average molecular weight is 215 g/mol. The van der Waals surface area contributed by atoms with Crippen molar-refractivity contribution in [2.75, 3.05) is 6.61 Å². The van der Waals surface area contributed by atoms with Crippen LogP contribution in [0.15, 0.2) is 30.5 Å². The molecule has 0 amide bonds. The van der Waals surface area contributed by atoms with Crippen LogP contribution in [0.25, 0.3) is 11.5 Å². The van der Waals surface area contributed by atoms with Crippen LogP contribution in [0.1, 0.15) is 12.6 Å². The van der Waals surface area contributed by atoms with Gasteiger partial charge in [-0.1, -0.05) is 6.07 Å². The zero-order valence-electron chi connectivity index (χ0n) is 9.34. The van der Waals surface area contributed by atoms with Crippen LogP contribution in [0, 0.1) is 6.92 Å². The van der Waals surface area contributed by atoms with Crippen LogP contribution in [0.2, 0.25) is 0 Å². The van der Waals surface area contributed by atoms with Gasteiger partial charge in [0.05, 0.1) is 6.61 Å². The van der Waals surface area contributed by atoms with Gasteiger partial charge in [0.25, 0.3) is 0 Å². The molecule has 0 radical (unpaired) electrons. The minimum absolute atomic E-state index is 0.593. The third-order valence-corrected chi connectivity index (χ3v) is 2.02. The van der Waals surface area contributed by atoms with Gasteiger partial charge in [0.15, 0.2) is 5.82 Å². The minimum Gasteiger partial charge on any atom is -0.478 e. The summed E-state index contributed by atoms with van der Waals surface area (Å²) in [5.41, 5.74) is 1.63. The van der Waals surface area contributed by atoms with E-state index >= 15 is 0 Å². The van der Waals surface area contributed by atoms with Crippen LogP contribution in [0.5, 0.6) is 5.88 Å². The van der Waals surface area contributed by atoms with Crippen molar-refractivity contribution < 1.29 is 4.74 Å². The van der Waals surface area contributed by atoms with Gasteiger partial charge in [-0.05, 0) is 26.0 Å². The molecule has 0 unspecified atom stereocenters. The molecular weight excluding hydrogens is 202 g/mol. The molecule has 2 rings (SSSR count). The normalized spacial score (nSPS) is 10.1. The molecule has 4 heteroatoms. The number of pyridine rings is 1. The predicted octanol–water partition coefficient (Wildman–Crippen LogP) is 2.25. The molecule has 0 atom stereocenters. The first-order valence-corrected chi connectivity index (χ1v) is 5.19. The van der Waals surface area contributed by atoms with Crippen molar-refractivity contribution in [2.45, 2.75) is 13.8 Å². The Morgan fingerprint density at radius 2 is 2.12 bits per heavy atom. The molecule has 2 heterocycles. The van der Waals surface area contributed by atoms with Crippen molar-refractivity contribution >= 4 is 0 Å². The lowest BCUT2D eigenvalue weighted by Crippen LogP contribution is -1.99. The van der Waals surface area contributed by atoms with E-state index in [1.54, 1.807) is 6.20 Å². The SMILES string of the molecule is CCOc1cc(C)nc(-c2ccccn2)n1. The molecular formula is C12H13N3O. The van der Waals surface area contributed by atoms with Gasteiger partial charge in [0.2, 0.25) is 5.88 Å². The zero-order valence-corrected chi connectivity index (χ0v) is 9.34. The van der Waals surface area contributed by atoms with E-state index in [1.165, 1.54) is 0 Å². The van der Waals surface area contributed by atoms with E-state index in [0.29, 0.717) is 18.3 Å². The Morgan fingerprint density at radius 1 is 1.25 bits per heavy atom. The smallest absolute Gasteiger partial charge is 0.217 e. The van der Waals surface area contributed by atoms with Crippen LogP contribution in [0.4, 0.5) is 0 Å². The largest absolute Gasteiger partial charge is 0.478 e. The minimum atomic E-state index is 0.593. The second-order valence-corrected chi connectivity index (χ2v) is 3.32. The Bertz CT molecular complexity index is 471. The predicted molar refractivity (Wildman–Crippen MR) is 61.2 cm³/mol. The summed E-state index contributed by atoms with van der Waals surface area (Å²) in [5.74, 6) is 1.19. The van der Waals surface area contributed by atoms with Crippen molar-refractivity contribution in [3.05, 3.63) is 36.2 Å². The van der Waals surface area contributed by atoms with Gasteiger partial charge in [-0.25, -0.2) is 4.98 Å². The summed E-state index contributed by atoms with van der Waals surface area (Å²) in [6.45, 7) is 4.44. The molecule has 0 saturated carbocycles. The first-order valence-electron chi connectivity index (χ1n) is 5.19. The Labute approximate surface area is 94.4 Å². The highest BCUT2D eigenvalue weighted by atomic mass is 16.5. The van der Waals surface area contributed by atoms with Crippen LogP contribution < -0.4 is 4.74 Å². The second-order valence-electron chi connectivity index (χ2n) is 3.32. The molecule has 0 aliphatic carbocycles. The lowest BCUT2D eigenvalue weighted by atomic mass is 10.3. The maximum atomic E-state index is 5.37. The highest BCUT2D eigenvalue weighted by molar-refractivity contribution is 5.49. The molecule has 2 aromatic heterocycles. The van der Waals surface area contributed by atoms with E-state index in [-0.39, 0.29) is 0 Å². The van der Waals surface area contributed by atoms with Crippen molar-refractivity contribution in [3.63, 3.8) is 0 Å². The van der Waals surface area contributed by atoms with Crippen LogP contribution in [-0.4, -0.2) is 21.6 Å². The molecule has 0 aliphatic heterocycles. The van der Waals surface area contributed by atoms with E-state index in [9.17, 15) is 0 Å². The lowest BCUT2D eigenvalue weighted by Gasteiger charge is -2.05. The van der Waals surface area contributed by atoms with Crippen molar-refractivity contribution in [3.8, 4) is 17.4 Å². The van der Waals surface area contributed by atoms with Crippen molar-refractivity contribution in [1.29, 1.82) is 0 Å². The monoisotopic (exact) mass is 215 g/mol. The molecule has 0 saturated heterocycles. The van der Waals surface area contributed by atoms with Crippen LogP contribution >= 0.6 is 0 Å². The molecule has 0 bridgehead atoms. The van der Waals surface area contributed by atoms with Gasteiger partial charge in [-0.2, -0.15) is 4.98 Å². The number of aromatic nitrogens is 3. The summed E-state index contributed by atoms with van der Waals surface area (Å²) in [7, 11) is 0. The summed E-state index contributed by atoms with van der Waals surface area (Å²) >= 11 is 0. The summed E-state index contributed by atoms with van der Waals surface area (Å²) < 4.78 is 5.37. The summed E-state index contributed by atoms with van der Waals surface area (Å²) in [5, 5.41) is 0. The Hall–Kier alpha value is -1.97. The van der Waals surface area contributed by atoms with Gasteiger partial charge < -0.3 is 4.74 Å². The van der Waals surface area contributed by atoms with E-state index in [0.717, 1.165) is 11.4 Å². The highest BCUT2D eigenvalue weighted by Crippen LogP contribution is 2.16. The standard InChI is InChI=1S/C12H13N3O/c1-3-16-11-8-9(2)14-12(15-11)10-6-4-5-7-13-10/h4-8H,3H2,1-2H3. The number of hydrogen-bond acceptors (Lipinski definition) is 4. The van der Waals surface area contributed by atoms with Crippen molar-refractivity contribution in [2.24, 2.45) is 0 Å². The fraction of sp³-hybridized carbons (Fsp3) is 0.250. The number of hydrogen-bond donors (Lipinski definition) is 0. The number of ether oxygens (including phenoxy) is 1. The van der Waals surface area contributed by atoms with Gasteiger partial charge >= 0.3 is 0 Å². The molecule has 2 aromatic rings. The first-order chi connectivity index (χ1) is 7.79. The van der Waals surface area contributed by atoms with E-state index in [2.05, 4.69) is 15.0 Å². The lowest BCUT2D eigenvalue weighted by molar-refractivity contribution is 0.326. The van der Waals surface area contributed by atoms with Gasteiger partial charge in [-0.15, -0.1) is 0 Å². The van der Waals surface area contributed by atoms with E-state index < -0.39 is 0 Å². The Morgan fingerprint density at radius 3 is 2.81 bits per heavy atom. The third-order valence-electron chi connectivity index (χ3n) is 2.02. The Kier molecular flexibility index (Phi) is 3.10. The molecule has 82 valence electrons. The molecule has 4 nitrogen and oxygen atoms in total. The number of nitrogens with zero attached hydrogens (tertiary/aromatic N) is 3. The second kappa shape index (κ2) is 4.70. The molecule has 0 aliphatic rings. The number of rotatable bonds is 3. The van der Waals surface area contributed by atoms with Gasteiger partial charge in [0, 0.05) is 18.0 Å². The topological polar surface area (TPSA) is 47.9 Å².